The lowest BCUT2D eigenvalue weighted by Gasteiger charge is -2.23. The highest BCUT2D eigenvalue weighted by molar-refractivity contribution is 5.85. The van der Waals surface area contributed by atoms with Crippen molar-refractivity contribution < 1.29 is 9.53 Å². The maximum absolute atomic E-state index is 11.2. The maximum Gasteiger partial charge on any atom is 0.308 e. The van der Waals surface area contributed by atoms with Crippen molar-refractivity contribution in [2.75, 3.05) is 0 Å². The Morgan fingerprint density at radius 1 is 1.23 bits per heavy atom. The zero-order chi connectivity index (χ0) is 9.99. The highest BCUT2D eigenvalue weighted by atomic mass is 35.5. The average molecular weight is 210 g/mol. The topological polar surface area (TPSA) is 52.3 Å². The molecular weight excluding hydrogens is 190 g/mol. The number of esters is 1. The van der Waals surface area contributed by atoms with Gasteiger partial charge in [0.2, 0.25) is 0 Å². The van der Waals surface area contributed by atoms with Crippen molar-refractivity contribution in [2.24, 2.45) is 5.73 Å². The third-order valence-corrected chi connectivity index (χ3v) is 1.02. The van der Waals surface area contributed by atoms with Crippen LogP contribution >= 0.6 is 12.4 Å². The lowest BCUT2D eigenvalue weighted by atomic mass is 10.0. The van der Waals surface area contributed by atoms with Crippen molar-refractivity contribution in [2.45, 2.75) is 52.2 Å². The molecule has 0 aromatic carbocycles. The molecule has 0 aromatic rings. The normalized spacial score (nSPS) is 11.8. The van der Waals surface area contributed by atoms with Crippen LogP contribution in [0.4, 0.5) is 0 Å². The average Bonchev–Trinajstić information content (AvgIpc) is 1.49. The van der Waals surface area contributed by atoms with E-state index in [1.165, 1.54) is 0 Å². The molecule has 0 rings (SSSR count). The molecule has 0 spiro atoms. The van der Waals surface area contributed by atoms with Crippen LogP contribution in [0, 0.1) is 0 Å². The zero-order valence-corrected chi connectivity index (χ0v) is 9.83. The lowest BCUT2D eigenvalue weighted by molar-refractivity contribution is -0.155. The first kappa shape index (κ1) is 15.2. The fourth-order valence-electron chi connectivity index (χ4n) is 0.750. The second-order valence-corrected chi connectivity index (χ2v) is 4.75. The summed E-state index contributed by atoms with van der Waals surface area (Å²) in [7, 11) is 0. The van der Waals surface area contributed by atoms with E-state index in [0.29, 0.717) is 0 Å². The van der Waals surface area contributed by atoms with E-state index in [9.17, 15) is 4.79 Å². The fraction of sp³-hybridized carbons (Fsp3) is 0.889. The van der Waals surface area contributed by atoms with Gasteiger partial charge in [-0.3, -0.25) is 4.79 Å². The number of halogens is 1. The molecule has 2 N–H and O–H groups in total. The molecule has 0 fully saturated rings. The Hall–Kier alpha value is -0.280. The standard InChI is InChI=1S/C9H19NO2.ClH/c1-8(2,3)12-7(11)6-9(4,5)10;/h6,10H2,1-5H3;1H. The summed E-state index contributed by atoms with van der Waals surface area (Å²) in [4.78, 5) is 11.2. The minimum absolute atomic E-state index is 0. The Labute approximate surface area is 86.4 Å². The van der Waals surface area contributed by atoms with Gasteiger partial charge in [0.1, 0.15) is 5.60 Å². The van der Waals surface area contributed by atoms with E-state index in [1.54, 1.807) is 13.8 Å². The van der Waals surface area contributed by atoms with Crippen molar-refractivity contribution in [3.05, 3.63) is 0 Å². The van der Waals surface area contributed by atoms with Gasteiger partial charge in [0, 0.05) is 5.54 Å². The quantitative estimate of drug-likeness (QED) is 0.707. The SMILES string of the molecule is CC(C)(N)CC(=O)OC(C)(C)C.Cl. The number of hydrogen-bond donors (Lipinski definition) is 1. The summed E-state index contributed by atoms with van der Waals surface area (Å²) in [6, 6.07) is 0. The predicted octanol–water partition coefficient (Wildman–Crippen LogP) is 1.88. The van der Waals surface area contributed by atoms with E-state index in [1.807, 2.05) is 20.8 Å². The van der Waals surface area contributed by atoms with Gasteiger partial charge in [-0.05, 0) is 34.6 Å². The van der Waals surface area contributed by atoms with Gasteiger partial charge in [-0.25, -0.2) is 0 Å². The zero-order valence-electron chi connectivity index (χ0n) is 9.01. The Balaban J connectivity index is 0. The molecule has 80 valence electrons. The molecule has 0 saturated heterocycles. The van der Waals surface area contributed by atoms with E-state index in [4.69, 9.17) is 10.5 Å². The lowest BCUT2D eigenvalue weighted by Crippen LogP contribution is -2.37. The summed E-state index contributed by atoms with van der Waals surface area (Å²) in [5.74, 6) is -0.241. The third-order valence-electron chi connectivity index (χ3n) is 1.02. The number of ether oxygens (including phenoxy) is 1. The van der Waals surface area contributed by atoms with E-state index in [2.05, 4.69) is 0 Å². The van der Waals surface area contributed by atoms with Crippen LogP contribution in [0.15, 0.2) is 0 Å². The molecule has 0 amide bonds. The Bertz CT molecular complexity index is 149. The molecule has 0 bridgehead atoms. The minimum Gasteiger partial charge on any atom is -0.460 e. The molecule has 0 radical (unpaired) electrons. The van der Waals surface area contributed by atoms with E-state index >= 15 is 0 Å². The molecule has 0 aliphatic rings. The summed E-state index contributed by atoms with van der Waals surface area (Å²) in [5.41, 5.74) is 4.76. The summed E-state index contributed by atoms with van der Waals surface area (Å²) >= 11 is 0. The Morgan fingerprint density at radius 3 is 1.85 bits per heavy atom. The highest BCUT2D eigenvalue weighted by Gasteiger charge is 2.22. The van der Waals surface area contributed by atoms with Crippen LogP contribution in [0.1, 0.15) is 41.0 Å². The molecule has 0 unspecified atom stereocenters. The monoisotopic (exact) mass is 209 g/mol. The number of rotatable bonds is 2. The Kier molecular flexibility index (Phi) is 5.63. The molecule has 0 aromatic heterocycles. The Morgan fingerprint density at radius 2 is 1.62 bits per heavy atom. The van der Waals surface area contributed by atoms with Gasteiger partial charge in [-0.1, -0.05) is 0 Å². The van der Waals surface area contributed by atoms with Gasteiger partial charge in [0.25, 0.3) is 0 Å². The van der Waals surface area contributed by atoms with Gasteiger partial charge in [-0.15, -0.1) is 12.4 Å². The minimum atomic E-state index is -0.484. The largest absolute Gasteiger partial charge is 0.460 e. The predicted molar refractivity (Wildman–Crippen MR) is 56.0 cm³/mol. The summed E-state index contributed by atoms with van der Waals surface area (Å²) in [6.45, 7) is 9.13. The highest BCUT2D eigenvalue weighted by Crippen LogP contribution is 2.12. The number of carbonyl (C=O) groups excluding carboxylic acids is 1. The van der Waals surface area contributed by atoms with Gasteiger partial charge < -0.3 is 10.5 Å². The molecule has 4 heteroatoms. The smallest absolute Gasteiger partial charge is 0.308 e. The second-order valence-electron chi connectivity index (χ2n) is 4.75. The van der Waals surface area contributed by atoms with E-state index in [-0.39, 0.29) is 24.8 Å². The van der Waals surface area contributed by atoms with Crippen molar-refractivity contribution in [3.8, 4) is 0 Å². The first-order valence-corrected chi connectivity index (χ1v) is 4.11. The van der Waals surface area contributed by atoms with Crippen LogP contribution in [0.25, 0.3) is 0 Å². The van der Waals surface area contributed by atoms with Gasteiger partial charge in [-0.2, -0.15) is 0 Å². The van der Waals surface area contributed by atoms with Gasteiger partial charge in [0.15, 0.2) is 0 Å². The molecule has 0 heterocycles. The number of hydrogen-bond acceptors (Lipinski definition) is 3. The van der Waals surface area contributed by atoms with Crippen molar-refractivity contribution in [1.82, 2.24) is 0 Å². The first-order chi connectivity index (χ1) is 5.10. The van der Waals surface area contributed by atoms with E-state index < -0.39 is 11.1 Å². The van der Waals surface area contributed by atoms with Crippen LogP contribution in [0.2, 0.25) is 0 Å². The fourth-order valence-corrected chi connectivity index (χ4v) is 0.750. The van der Waals surface area contributed by atoms with Crippen LogP contribution in [-0.4, -0.2) is 17.1 Å². The van der Waals surface area contributed by atoms with Crippen LogP contribution in [0.5, 0.6) is 0 Å². The molecule has 0 aliphatic heterocycles. The molecular formula is C9H20ClNO2. The van der Waals surface area contributed by atoms with Crippen molar-refractivity contribution >= 4 is 18.4 Å². The first-order valence-electron chi connectivity index (χ1n) is 4.11. The van der Waals surface area contributed by atoms with Crippen LogP contribution in [-0.2, 0) is 9.53 Å². The van der Waals surface area contributed by atoms with Crippen LogP contribution < -0.4 is 5.73 Å². The maximum atomic E-state index is 11.2. The summed E-state index contributed by atoms with van der Waals surface area (Å²) < 4.78 is 5.09. The molecule has 13 heavy (non-hydrogen) atoms. The van der Waals surface area contributed by atoms with E-state index in [0.717, 1.165) is 0 Å². The summed E-state index contributed by atoms with van der Waals surface area (Å²) in [5, 5.41) is 0. The van der Waals surface area contributed by atoms with Crippen LogP contribution in [0.3, 0.4) is 0 Å². The molecule has 0 aliphatic carbocycles. The van der Waals surface area contributed by atoms with Gasteiger partial charge >= 0.3 is 5.97 Å². The second kappa shape index (κ2) is 4.82. The van der Waals surface area contributed by atoms with Crippen molar-refractivity contribution in [1.29, 1.82) is 0 Å². The van der Waals surface area contributed by atoms with Gasteiger partial charge in [0.05, 0.1) is 6.42 Å². The van der Waals surface area contributed by atoms with Crippen molar-refractivity contribution in [3.63, 3.8) is 0 Å². The number of carbonyl (C=O) groups is 1. The summed E-state index contributed by atoms with van der Waals surface area (Å²) in [6.07, 6.45) is 0.254. The molecule has 3 nitrogen and oxygen atoms in total. The molecule has 0 saturated carbocycles. The number of nitrogens with two attached hydrogens (primary N) is 1. The third kappa shape index (κ3) is 11.7. The molecule has 0 atom stereocenters.